The largest absolute Gasteiger partial charge is 0.493 e. The van der Waals surface area contributed by atoms with E-state index < -0.39 is 0 Å². The van der Waals surface area contributed by atoms with Crippen molar-refractivity contribution < 1.29 is 14.6 Å². The monoisotopic (exact) mass is 225 g/mol. The van der Waals surface area contributed by atoms with Gasteiger partial charge >= 0.3 is 0 Å². The molecule has 1 atom stereocenters. The van der Waals surface area contributed by atoms with Crippen LogP contribution >= 0.6 is 0 Å². The summed E-state index contributed by atoms with van der Waals surface area (Å²) in [6.07, 6.45) is 0.659. The molecule has 0 aliphatic rings. The van der Waals surface area contributed by atoms with Crippen molar-refractivity contribution in [3.63, 3.8) is 0 Å². The lowest BCUT2D eigenvalue weighted by Gasteiger charge is -2.16. The molecule has 0 saturated heterocycles. The first-order valence-electron chi connectivity index (χ1n) is 5.29. The fourth-order valence-electron chi connectivity index (χ4n) is 1.68. The lowest BCUT2D eigenvalue weighted by molar-refractivity contribution is 0.276. The predicted octanol–water partition coefficient (Wildman–Crippen LogP) is 1.13. The topological polar surface area (TPSA) is 64.7 Å². The van der Waals surface area contributed by atoms with Crippen molar-refractivity contribution in [2.75, 3.05) is 27.4 Å². The molecule has 0 aliphatic carbocycles. The van der Waals surface area contributed by atoms with Gasteiger partial charge in [0.1, 0.15) is 0 Å². The minimum atomic E-state index is 0.135. The van der Waals surface area contributed by atoms with Crippen molar-refractivity contribution in [3.8, 4) is 11.5 Å². The first kappa shape index (κ1) is 12.8. The maximum absolute atomic E-state index is 8.94. The third kappa shape index (κ3) is 2.87. The molecular weight excluding hydrogens is 206 g/mol. The Morgan fingerprint density at radius 1 is 1.25 bits per heavy atom. The summed E-state index contributed by atoms with van der Waals surface area (Å²) in [5.74, 6) is 1.55. The summed E-state index contributed by atoms with van der Waals surface area (Å²) in [4.78, 5) is 0. The van der Waals surface area contributed by atoms with Crippen LogP contribution in [0.3, 0.4) is 0 Å². The van der Waals surface area contributed by atoms with Crippen LogP contribution in [0.15, 0.2) is 18.2 Å². The van der Waals surface area contributed by atoms with Gasteiger partial charge in [-0.15, -0.1) is 0 Å². The fraction of sp³-hybridized carbons (Fsp3) is 0.500. The highest BCUT2D eigenvalue weighted by molar-refractivity contribution is 5.44. The molecule has 3 N–H and O–H groups in total. The van der Waals surface area contributed by atoms with Crippen molar-refractivity contribution in [1.29, 1.82) is 0 Å². The summed E-state index contributed by atoms with van der Waals surface area (Å²) >= 11 is 0. The van der Waals surface area contributed by atoms with Gasteiger partial charge < -0.3 is 20.3 Å². The number of benzene rings is 1. The zero-order valence-corrected chi connectivity index (χ0v) is 9.77. The van der Waals surface area contributed by atoms with Gasteiger partial charge in [-0.3, -0.25) is 0 Å². The Balaban J connectivity index is 2.96. The second-order valence-corrected chi connectivity index (χ2v) is 3.56. The first-order valence-corrected chi connectivity index (χ1v) is 5.29. The maximum Gasteiger partial charge on any atom is 0.160 e. The van der Waals surface area contributed by atoms with E-state index in [2.05, 4.69) is 0 Å². The van der Waals surface area contributed by atoms with E-state index in [-0.39, 0.29) is 12.5 Å². The Morgan fingerprint density at radius 3 is 2.44 bits per heavy atom. The number of ether oxygens (including phenoxy) is 2. The Hall–Kier alpha value is -1.26. The van der Waals surface area contributed by atoms with Crippen molar-refractivity contribution in [1.82, 2.24) is 0 Å². The highest BCUT2D eigenvalue weighted by Gasteiger charge is 2.12. The third-order valence-corrected chi connectivity index (χ3v) is 2.64. The van der Waals surface area contributed by atoms with E-state index in [1.807, 2.05) is 18.2 Å². The molecule has 4 nitrogen and oxygen atoms in total. The highest BCUT2D eigenvalue weighted by atomic mass is 16.5. The molecule has 16 heavy (non-hydrogen) atoms. The third-order valence-electron chi connectivity index (χ3n) is 2.64. The quantitative estimate of drug-likeness (QED) is 0.761. The van der Waals surface area contributed by atoms with Crippen molar-refractivity contribution in [2.24, 2.45) is 5.73 Å². The summed E-state index contributed by atoms with van der Waals surface area (Å²) < 4.78 is 10.4. The van der Waals surface area contributed by atoms with E-state index in [0.717, 1.165) is 5.56 Å². The predicted molar refractivity (Wildman–Crippen MR) is 63.0 cm³/mol. The summed E-state index contributed by atoms with van der Waals surface area (Å²) in [6.45, 7) is 0.645. The smallest absolute Gasteiger partial charge is 0.160 e. The molecule has 1 aromatic rings. The van der Waals surface area contributed by atoms with Crippen LogP contribution in [-0.4, -0.2) is 32.5 Å². The number of nitrogens with two attached hydrogens (primary N) is 1. The van der Waals surface area contributed by atoms with Gasteiger partial charge in [0, 0.05) is 6.61 Å². The summed E-state index contributed by atoms with van der Waals surface area (Å²) in [5.41, 5.74) is 6.73. The second kappa shape index (κ2) is 6.35. The van der Waals surface area contributed by atoms with E-state index in [1.54, 1.807) is 14.2 Å². The number of hydrogen-bond acceptors (Lipinski definition) is 4. The number of methoxy groups -OCH3 is 2. The van der Waals surface area contributed by atoms with Gasteiger partial charge in [0.25, 0.3) is 0 Å². The van der Waals surface area contributed by atoms with E-state index in [9.17, 15) is 0 Å². The molecule has 1 rings (SSSR count). The van der Waals surface area contributed by atoms with Crippen molar-refractivity contribution in [2.45, 2.75) is 12.3 Å². The van der Waals surface area contributed by atoms with Crippen LogP contribution in [-0.2, 0) is 0 Å². The molecular formula is C12H19NO3. The van der Waals surface area contributed by atoms with Crippen LogP contribution < -0.4 is 15.2 Å². The molecule has 1 aromatic carbocycles. The van der Waals surface area contributed by atoms with Gasteiger partial charge in [-0.1, -0.05) is 6.07 Å². The maximum atomic E-state index is 8.94. The van der Waals surface area contributed by atoms with Crippen LogP contribution in [0.5, 0.6) is 11.5 Å². The second-order valence-electron chi connectivity index (χ2n) is 3.56. The average molecular weight is 225 g/mol. The number of rotatable bonds is 6. The van der Waals surface area contributed by atoms with Gasteiger partial charge in [0.2, 0.25) is 0 Å². The Labute approximate surface area is 96.0 Å². The van der Waals surface area contributed by atoms with Gasteiger partial charge in [-0.2, -0.15) is 0 Å². The summed E-state index contributed by atoms with van der Waals surface area (Å²) in [6, 6.07) is 5.72. The van der Waals surface area contributed by atoms with Crippen LogP contribution in [0.25, 0.3) is 0 Å². The zero-order valence-electron chi connectivity index (χ0n) is 9.77. The number of aliphatic hydroxyl groups excluding tert-OH is 1. The van der Waals surface area contributed by atoms with Gasteiger partial charge in [0.05, 0.1) is 14.2 Å². The van der Waals surface area contributed by atoms with Crippen LogP contribution in [0.2, 0.25) is 0 Å². The van der Waals surface area contributed by atoms with Crippen LogP contribution in [0, 0.1) is 0 Å². The molecule has 1 unspecified atom stereocenters. The molecule has 0 radical (unpaired) electrons. The molecule has 4 heteroatoms. The minimum absolute atomic E-state index is 0.135. The number of hydrogen-bond donors (Lipinski definition) is 2. The Kier molecular flexibility index (Phi) is 5.08. The molecule has 90 valence electrons. The molecule has 0 aromatic heterocycles. The molecule has 0 bridgehead atoms. The van der Waals surface area contributed by atoms with Crippen molar-refractivity contribution in [3.05, 3.63) is 23.8 Å². The van der Waals surface area contributed by atoms with Crippen LogP contribution in [0.1, 0.15) is 17.9 Å². The molecule has 0 fully saturated rings. The first-order chi connectivity index (χ1) is 7.76. The molecule has 0 saturated carbocycles. The fourth-order valence-corrected chi connectivity index (χ4v) is 1.68. The van der Waals surface area contributed by atoms with Gasteiger partial charge in [-0.05, 0) is 36.6 Å². The summed E-state index contributed by atoms with van der Waals surface area (Å²) in [5, 5.41) is 8.94. The molecule has 0 aliphatic heterocycles. The van der Waals surface area contributed by atoms with Crippen LogP contribution in [0.4, 0.5) is 0 Å². The van der Waals surface area contributed by atoms with Crippen molar-refractivity contribution >= 4 is 0 Å². The zero-order chi connectivity index (χ0) is 12.0. The average Bonchev–Trinajstić information content (AvgIpc) is 2.35. The SMILES string of the molecule is COc1ccc(C(CN)CCO)cc1OC. The normalized spacial score (nSPS) is 12.2. The van der Waals surface area contributed by atoms with E-state index >= 15 is 0 Å². The van der Waals surface area contributed by atoms with E-state index in [0.29, 0.717) is 24.5 Å². The van der Waals surface area contributed by atoms with Gasteiger partial charge in [0.15, 0.2) is 11.5 Å². The summed E-state index contributed by atoms with van der Waals surface area (Å²) in [7, 11) is 3.21. The molecule has 0 spiro atoms. The minimum Gasteiger partial charge on any atom is -0.493 e. The Bertz CT molecular complexity index is 328. The standard InChI is InChI=1S/C12H19NO3/c1-15-11-4-3-9(7-12(11)16-2)10(8-13)5-6-14/h3-4,7,10,14H,5-6,8,13H2,1-2H3. The number of aliphatic hydroxyl groups is 1. The lowest BCUT2D eigenvalue weighted by atomic mass is 9.96. The van der Waals surface area contributed by atoms with E-state index in [1.165, 1.54) is 0 Å². The van der Waals surface area contributed by atoms with Gasteiger partial charge in [-0.25, -0.2) is 0 Å². The van der Waals surface area contributed by atoms with E-state index in [4.69, 9.17) is 20.3 Å². The lowest BCUT2D eigenvalue weighted by Crippen LogP contribution is -2.14. The molecule has 0 heterocycles. The Morgan fingerprint density at radius 2 is 1.94 bits per heavy atom. The highest BCUT2D eigenvalue weighted by Crippen LogP contribution is 2.31. The molecule has 0 amide bonds.